The zero-order valence-corrected chi connectivity index (χ0v) is 17.6. The molecule has 3 aromatic heterocycles. The molecule has 0 fully saturated rings. The van der Waals surface area contributed by atoms with Gasteiger partial charge in [-0.25, -0.2) is 9.37 Å². The molecule has 0 atom stereocenters. The van der Waals surface area contributed by atoms with Crippen molar-refractivity contribution in [3.05, 3.63) is 91.1 Å². The van der Waals surface area contributed by atoms with E-state index in [1.54, 1.807) is 36.8 Å². The molecule has 0 amide bonds. The second kappa shape index (κ2) is 8.60. The van der Waals surface area contributed by atoms with Gasteiger partial charge < -0.3 is 11.1 Å². The third kappa shape index (κ3) is 4.35. The van der Waals surface area contributed by atoms with E-state index in [2.05, 4.69) is 25.3 Å². The maximum Gasteiger partial charge on any atom is 0.222 e. The second-order valence-electron chi connectivity index (χ2n) is 6.96. The molecule has 3 heterocycles. The van der Waals surface area contributed by atoms with Crippen LogP contribution in [0.15, 0.2) is 95.1 Å². The molecule has 156 valence electrons. The Morgan fingerprint density at radius 3 is 2.59 bits per heavy atom. The molecule has 2 aromatic carbocycles. The SMILES string of the molecule is Nc1nc(Nc2ccc(Sc3ccncc3)c(F)c2)cc(-c2ccc3ncccc3c2)n1. The van der Waals surface area contributed by atoms with Crippen LogP contribution < -0.4 is 11.1 Å². The summed E-state index contributed by atoms with van der Waals surface area (Å²) >= 11 is 1.34. The predicted molar refractivity (Wildman–Crippen MR) is 125 cm³/mol. The van der Waals surface area contributed by atoms with Crippen molar-refractivity contribution in [2.24, 2.45) is 0 Å². The van der Waals surface area contributed by atoms with Crippen molar-refractivity contribution in [1.29, 1.82) is 0 Å². The normalized spacial score (nSPS) is 10.9. The molecule has 3 N–H and O–H groups in total. The number of nitrogens with one attached hydrogen (secondary N) is 1. The lowest BCUT2D eigenvalue weighted by molar-refractivity contribution is 0.602. The van der Waals surface area contributed by atoms with Crippen LogP contribution in [0.5, 0.6) is 0 Å². The Morgan fingerprint density at radius 2 is 1.75 bits per heavy atom. The lowest BCUT2D eigenvalue weighted by atomic mass is 10.1. The van der Waals surface area contributed by atoms with E-state index >= 15 is 0 Å². The minimum Gasteiger partial charge on any atom is -0.368 e. The van der Waals surface area contributed by atoms with Crippen molar-refractivity contribution in [2.45, 2.75) is 9.79 Å². The number of fused-ring (bicyclic) bond motifs is 1. The van der Waals surface area contributed by atoms with Crippen LogP contribution in [0.2, 0.25) is 0 Å². The molecule has 5 aromatic rings. The van der Waals surface area contributed by atoms with Crippen molar-refractivity contribution in [2.75, 3.05) is 11.1 Å². The molecule has 8 heteroatoms. The lowest BCUT2D eigenvalue weighted by Gasteiger charge is -2.10. The van der Waals surface area contributed by atoms with Gasteiger partial charge in [0.2, 0.25) is 5.95 Å². The average Bonchev–Trinajstić information content (AvgIpc) is 2.81. The maximum absolute atomic E-state index is 14.7. The molecule has 0 saturated carbocycles. The zero-order chi connectivity index (χ0) is 21.9. The molecule has 5 rings (SSSR count). The molecule has 0 aliphatic rings. The first-order valence-electron chi connectivity index (χ1n) is 9.78. The van der Waals surface area contributed by atoms with Gasteiger partial charge in [0.25, 0.3) is 0 Å². The van der Waals surface area contributed by atoms with Gasteiger partial charge in [-0.05, 0) is 48.5 Å². The van der Waals surface area contributed by atoms with Crippen LogP contribution >= 0.6 is 11.8 Å². The van der Waals surface area contributed by atoms with Crippen molar-refractivity contribution < 1.29 is 4.39 Å². The Bertz CT molecular complexity index is 1410. The first kappa shape index (κ1) is 19.9. The molecule has 0 aliphatic carbocycles. The van der Waals surface area contributed by atoms with E-state index in [1.165, 1.54) is 17.8 Å². The number of aromatic nitrogens is 4. The fourth-order valence-corrected chi connectivity index (χ4v) is 4.06. The molecular formula is C24H17FN6S. The molecule has 0 saturated heterocycles. The molecule has 32 heavy (non-hydrogen) atoms. The fourth-order valence-electron chi connectivity index (χ4n) is 3.26. The Hall–Kier alpha value is -4.04. The van der Waals surface area contributed by atoms with E-state index < -0.39 is 0 Å². The van der Waals surface area contributed by atoms with Crippen LogP contribution in [0.25, 0.3) is 22.2 Å². The molecule has 0 radical (unpaired) electrons. The first-order chi connectivity index (χ1) is 15.6. The van der Waals surface area contributed by atoms with Gasteiger partial charge in [-0.3, -0.25) is 9.97 Å². The minimum atomic E-state index is -0.332. The molecule has 0 spiro atoms. The van der Waals surface area contributed by atoms with Crippen molar-refractivity contribution in [1.82, 2.24) is 19.9 Å². The molecule has 0 aliphatic heterocycles. The number of nitrogen functional groups attached to an aromatic ring is 1. The molecular weight excluding hydrogens is 423 g/mol. The number of benzene rings is 2. The summed E-state index contributed by atoms with van der Waals surface area (Å²) in [7, 11) is 0. The summed E-state index contributed by atoms with van der Waals surface area (Å²) < 4.78 is 14.7. The first-order valence-corrected chi connectivity index (χ1v) is 10.6. The van der Waals surface area contributed by atoms with Gasteiger partial charge in [0.15, 0.2) is 0 Å². The highest BCUT2D eigenvalue weighted by molar-refractivity contribution is 7.99. The summed E-state index contributed by atoms with van der Waals surface area (Å²) in [4.78, 5) is 18.4. The summed E-state index contributed by atoms with van der Waals surface area (Å²) in [5, 5.41) is 4.12. The Morgan fingerprint density at radius 1 is 0.875 bits per heavy atom. The van der Waals surface area contributed by atoms with Gasteiger partial charge >= 0.3 is 0 Å². The Balaban J connectivity index is 1.40. The summed E-state index contributed by atoms with van der Waals surface area (Å²) in [6.45, 7) is 0. The number of pyridine rings is 2. The molecule has 0 unspecified atom stereocenters. The number of hydrogen-bond acceptors (Lipinski definition) is 7. The third-order valence-electron chi connectivity index (χ3n) is 4.72. The highest BCUT2D eigenvalue weighted by Crippen LogP contribution is 2.32. The molecule has 6 nitrogen and oxygen atoms in total. The summed E-state index contributed by atoms with van der Waals surface area (Å²) in [6, 6.07) is 20.2. The topological polar surface area (TPSA) is 89.6 Å². The Kier molecular flexibility index (Phi) is 5.35. The number of rotatable bonds is 5. The van der Waals surface area contributed by atoms with Gasteiger partial charge in [-0.1, -0.05) is 23.9 Å². The summed E-state index contributed by atoms with van der Waals surface area (Å²) in [5.74, 6) is 0.274. The second-order valence-corrected chi connectivity index (χ2v) is 8.08. The van der Waals surface area contributed by atoms with Gasteiger partial charge in [0.05, 0.1) is 11.2 Å². The van der Waals surface area contributed by atoms with Crippen molar-refractivity contribution in [3.8, 4) is 11.3 Å². The lowest BCUT2D eigenvalue weighted by Crippen LogP contribution is -2.02. The quantitative estimate of drug-likeness (QED) is 0.362. The monoisotopic (exact) mass is 440 g/mol. The van der Waals surface area contributed by atoms with E-state index in [-0.39, 0.29) is 11.8 Å². The smallest absolute Gasteiger partial charge is 0.222 e. The Labute approximate surface area is 187 Å². The van der Waals surface area contributed by atoms with E-state index in [0.29, 0.717) is 22.1 Å². The zero-order valence-electron chi connectivity index (χ0n) is 16.7. The van der Waals surface area contributed by atoms with Crippen LogP contribution in [-0.4, -0.2) is 19.9 Å². The van der Waals surface area contributed by atoms with Crippen LogP contribution in [0, 0.1) is 5.82 Å². The van der Waals surface area contributed by atoms with E-state index in [4.69, 9.17) is 5.73 Å². The minimum absolute atomic E-state index is 0.126. The van der Waals surface area contributed by atoms with E-state index in [9.17, 15) is 4.39 Å². The van der Waals surface area contributed by atoms with Gasteiger partial charge in [0, 0.05) is 51.1 Å². The van der Waals surface area contributed by atoms with Crippen LogP contribution in [0.1, 0.15) is 0 Å². The van der Waals surface area contributed by atoms with Gasteiger partial charge in [-0.15, -0.1) is 0 Å². The average molecular weight is 441 g/mol. The van der Waals surface area contributed by atoms with E-state index in [1.807, 2.05) is 42.5 Å². The number of anilines is 3. The summed E-state index contributed by atoms with van der Waals surface area (Å²) in [5.41, 5.74) is 8.96. The largest absolute Gasteiger partial charge is 0.368 e. The van der Waals surface area contributed by atoms with Crippen LogP contribution in [0.4, 0.5) is 21.8 Å². The van der Waals surface area contributed by atoms with Crippen molar-refractivity contribution in [3.63, 3.8) is 0 Å². The van der Waals surface area contributed by atoms with Gasteiger partial charge in [0.1, 0.15) is 11.6 Å². The summed E-state index contributed by atoms with van der Waals surface area (Å²) in [6.07, 6.45) is 5.12. The maximum atomic E-state index is 14.7. The standard InChI is InChI=1S/C24H17FN6S/c25-19-13-17(4-6-22(19)32-18-7-10-27-11-8-18)29-23-14-21(30-24(26)31-23)16-3-5-20-15(12-16)2-1-9-28-20/h1-14H,(H3,26,29,30,31). The molecule has 0 bridgehead atoms. The third-order valence-corrected chi connectivity index (χ3v) is 5.78. The number of nitrogens with zero attached hydrogens (tertiary/aromatic N) is 4. The highest BCUT2D eigenvalue weighted by atomic mass is 32.2. The number of halogens is 1. The fraction of sp³-hybridized carbons (Fsp3) is 0. The predicted octanol–water partition coefficient (Wildman–Crippen LogP) is 5.70. The number of hydrogen-bond donors (Lipinski definition) is 2. The van der Waals surface area contributed by atoms with E-state index in [0.717, 1.165) is 21.4 Å². The van der Waals surface area contributed by atoms with Crippen LogP contribution in [0.3, 0.4) is 0 Å². The van der Waals surface area contributed by atoms with Crippen LogP contribution in [-0.2, 0) is 0 Å². The van der Waals surface area contributed by atoms with Gasteiger partial charge in [-0.2, -0.15) is 4.98 Å². The highest BCUT2D eigenvalue weighted by Gasteiger charge is 2.09. The van der Waals surface area contributed by atoms with Crippen molar-refractivity contribution >= 4 is 40.1 Å². The number of nitrogens with two attached hydrogens (primary N) is 1.